The fourth-order valence-electron chi connectivity index (χ4n) is 2.88. The molecule has 4 nitrogen and oxygen atoms in total. The third kappa shape index (κ3) is 2.85. The minimum Gasteiger partial charge on any atom is -0.486 e. The molecule has 2 atom stereocenters. The highest BCUT2D eigenvalue weighted by atomic mass is 16.6. The van der Waals surface area contributed by atoms with Gasteiger partial charge in [-0.3, -0.25) is 4.90 Å². The standard InChI is InChI=1S/C15H22N2O2/c1-11(16)13-4-5-17(10-13)9-12-2-3-14-15(8-12)19-7-6-18-14/h2-3,8,11,13H,4-7,9-10,16H2,1H3. The molecular formula is C15H22N2O2. The van der Waals surface area contributed by atoms with Gasteiger partial charge in [-0.2, -0.15) is 0 Å². The second-order valence-corrected chi connectivity index (χ2v) is 5.62. The highest BCUT2D eigenvalue weighted by Crippen LogP contribution is 2.31. The van der Waals surface area contributed by atoms with Crippen LogP contribution >= 0.6 is 0 Å². The zero-order valence-corrected chi connectivity index (χ0v) is 11.5. The third-order valence-corrected chi connectivity index (χ3v) is 4.07. The number of nitrogens with two attached hydrogens (primary N) is 1. The van der Waals surface area contributed by atoms with Gasteiger partial charge in [-0.1, -0.05) is 6.07 Å². The van der Waals surface area contributed by atoms with Gasteiger partial charge in [0.2, 0.25) is 0 Å². The summed E-state index contributed by atoms with van der Waals surface area (Å²) in [5.41, 5.74) is 7.27. The van der Waals surface area contributed by atoms with E-state index >= 15 is 0 Å². The molecule has 19 heavy (non-hydrogen) atoms. The summed E-state index contributed by atoms with van der Waals surface area (Å²) in [5.74, 6) is 2.38. The zero-order chi connectivity index (χ0) is 13.2. The van der Waals surface area contributed by atoms with Gasteiger partial charge >= 0.3 is 0 Å². The number of hydrogen-bond acceptors (Lipinski definition) is 4. The second-order valence-electron chi connectivity index (χ2n) is 5.62. The number of ether oxygens (including phenoxy) is 2. The maximum Gasteiger partial charge on any atom is 0.161 e. The molecular weight excluding hydrogens is 240 g/mol. The van der Waals surface area contributed by atoms with E-state index in [9.17, 15) is 0 Å². The summed E-state index contributed by atoms with van der Waals surface area (Å²) in [4.78, 5) is 2.47. The number of rotatable bonds is 3. The zero-order valence-electron chi connectivity index (χ0n) is 11.5. The molecule has 2 N–H and O–H groups in total. The smallest absolute Gasteiger partial charge is 0.161 e. The lowest BCUT2D eigenvalue weighted by atomic mass is 10.0. The van der Waals surface area contributed by atoms with E-state index in [0.717, 1.165) is 31.1 Å². The molecule has 1 fully saturated rings. The van der Waals surface area contributed by atoms with Crippen LogP contribution in [-0.4, -0.2) is 37.2 Å². The van der Waals surface area contributed by atoms with Gasteiger partial charge in [-0.05, 0) is 43.5 Å². The first-order valence-electron chi connectivity index (χ1n) is 7.09. The van der Waals surface area contributed by atoms with Crippen LogP contribution in [0.3, 0.4) is 0 Å². The summed E-state index contributed by atoms with van der Waals surface area (Å²) in [6, 6.07) is 6.55. The Balaban J connectivity index is 1.64. The molecule has 1 saturated heterocycles. The summed E-state index contributed by atoms with van der Waals surface area (Å²) in [6.07, 6.45) is 1.21. The van der Waals surface area contributed by atoms with Gasteiger partial charge in [0, 0.05) is 19.1 Å². The Bertz CT molecular complexity index is 448. The van der Waals surface area contributed by atoms with Crippen molar-refractivity contribution in [3.05, 3.63) is 23.8 Å². The van der Waals surface area contributed by atoms with E-state index in [4.69, 9.17) is 15.2 Å². The normalized spacial score (nSPS) is 24.4. The van der Waals surface area contributed by atoms with Crippen LogP contribution in [0.25, 0.3) is 0 Å². The Kier molecular flexibility index (Phi) is 3.62. The number of fused-ring (bicyclic) bond motifs is 1. The van der Waals surface area contributed by atoms with Crippen LogP contribution in [0.15, 0.2) is 18.2 Å². The Morgan fingerprint density at radius 3 is 2.84 bits per heavy atom. The first-order valence-corrected chi connectivity index (χ1v) is 7.09. The maximum absolute atomic E-state index is 5.98. The SMILES string of the molecule is CC(N)C1CCN(Cc2ccc3c(c2)OCCO3)C1. The molecule has 104 valence electrons. The number of likely N-dealkylation sites (tertiary alicyclic amines) is 1. The molecule has 0 amide bonds. The summed E-state index contributed by atoms with van der Waals surface area (Å²) in [5, 5.41) is 0. The van der Waals surface area contributed by atoms with Crippen LogP contribution in [-0.2, 0) is 6.54 Å². The average Bonchev–Trinajstić information content (AvgIpc) is 2.87. The van der Waals surface area contributed by atoms with Crippen molar-refractivity contribution in [3.63, 3.8) is 0 Å². The molecule has 2 aliphatic heterocycles. The molecule has 2 heterocycles. The first kappa shape index (κ1) is 12.8. The Hall–Kier alpha value is -1.26. The van der Waals surface area contributed by atoms with Crippen LogP contribution in [0.2, 0.25) is 0 Å². The summed E-state index contributed by atoms with van der Waals surface area (Å²) >= 11 is 0. The molecule has 1 aromatic carbocycles. The minimum absolute atomic E-state index is 0.297. The van der Waals surface area contributed by atoms with Crippen molar-refractivity contribution in [2.24, 2.45) is 11.7 Å². The number of benzene rings is 1. The van der Waals surface area contributed by atoms with Gasteiger partial charge in [0.25, 0.3) is 0 Å². The lowest BCUT2D eigenvalue weighted by Crippen LogP contribution is -2.29. The predicted molar refractivity (Wildman–Crippen MR) is 74.5 cm³/mol. The van der Waals surface area contributed by atoms with Crippen molar-refractivity contribution in [1.29, 1.82) is 0 Å². The fourth-order valence-corrected chi connectivity index (χ4v) is 2.88. The third-order valence-electron chi connectivity index (χ3n) is 4.07. The minimum atomic E-state index is 0.297. The highest BCUT2D eigenvalue weighted by Gasteiger charge is 2.25. The quantitative estimate of drug-likeness (QED) is 0.899. The van der Waals surface area contributed by atoms with E-state index in [-0.39, 0.29) is 0 Å². The Labute approximate surface area is 114 Å². The molecule has 0 bridgehead atoms. The van der Waals surface area contributed by atoms with Crippen LogP contribution in [0, 0.1) is 5.92 Å². The summed E-state index contributed by atoms with van der Waals surface area (Å²) < 4.78 is 11.2. The maximum atomic E-state index is 5.98. The van der Waals surface area contributed by atoms with Crippen LogP contribution in [0.4, 0.5) is 0 Å². The van der Waals surface area contributed by atoms with Gasteiger partial charge in [-0.15, -0.1) is 0 Å². The van der Waals surface area contributed by atoms with E-state index in [2.05, 4.69) is 24.0 Å². The van der Waals surface area contributed by atoms with Crippen LogP contribution < -0.4 is 15.2 Å². The first-order chi connectivity index (χ1) is 9.22. The van der Waals surface area contributed by atoms with E-state index in [1.807, 2.05) is 6.07 Å². The van der Waals surface area contributed by atoms with Crippen molar-refractivity contribution < 1.29 is 9.47 Å². The summed E-state index contributed by atoms with van der Waals surface area (Å²) in [7, 11) is 0. The van der Waals surface area contributed by atoms with Gasteiger partial charge in [0.15, 0.2) is 11.5 Å². The molecule has 0 aromatic heterocycles. The highest BCUT2D eigenvalue weighted by molar-refractivity contribution is 5.43. The van der Waals surface area contributed by atoms with Gasteiger partial charge in [-0.25, -0.2) is 0 Å². The van der Waals surface area contributed by atoms with E-state index in [0.29, 0.717) is 25.2 Å². The molecule has 1 aromatic rings. The molecule has 3 rings (SSSR count). The predicted octanol–water partition coefficient (Wildman–Crippen LogP) is 1.63. The molecule has 4 heteroatoms. The van der Waals surface area contributed by atoms with Crippen LogP contribution in [0.1, 0.15) is 18.9 Å². The lowest BCUT2D eigenvalue weighted by molar-refractivity contribution is 0.171. The molecule has 0 saturated carbocycles. The molecule has 0 spiro atoms. The molecule has 2 aliphatic rings. The molecule has 2 unspecified atom stereocenters. The van der Waals surface area contributed by atoms with E-state index < -0.39 is 0 Å². The van der Waals surface area contributed by atoms with Gasteiger partial charge < -0.3 is 15.2 Å². The monoisotopic (exact) mass is 262 g/mol. The Morgan fingerprint density at radius 1 is 1.32 bits per heavy atom. The van der Waals surface area contributed by atoms with Crippen molar-refractivity contribution in [2.75, 3.05) is 26.3 Å². The van der Waals surface area contributed by atoms with Gasteiger partial charge in [0.05, 0.1) is 0 Å². The van der Waals surface area contributed by atoms with Crippen LogP contribution in [0.5, 0.6) is 11.5 Å². The van der Waals surface area contributed by atoms with Crippen molar-refractivity contribution >= 4 is 0 Å². The lowest BCUT2D eigenvalue weighted by Gasteiger charge is -2.21. The number of nitrogens with zero attached hydrogens (tertiary/aromatic N) is 1. The van der Waals surface area contributed by atoms with E-state index in [1.165, 1.54) is 12.0 Å². The van der Waals surface area contributed by atoms with Gasteiger partial charge in [0.1, 0.15) is 13.2 Å². The van der Waals surface area contributed by atoms with Crippen molar-refractivity contribution in [2.45, 2.75) is 25.9 Å². The largest absolute Gasteiger partial charge is 0.486 e. The van der Waals surface area contributed by atoms with Crippen molar-refractivity contribution in [3.8, 4) is 11.5 Å². The number of hydrogen-bond donors (Lipinski definition) is 1. The summed E-state index contributed by atoms with van der Waals surface area (Å²) in [6.45, 7) is 6.62. The van der Waals surface area contributed by atoms with Crippen molar-refractivity contribution in [1.82, 2.24) is 4.90 Å². The average molecular weight is 262 g/mol. The molecule has 0 aliphatic carbocycles. The second kappa shape index (κ2) is 5.39. The Morgan fingerprint density at radius 2 is 2.11 bits per heavy atom. The topological polar surface area (TPSA) is 47.7 Å². The van der Waals surface area contributed by atoms with E-state index in [1.54, 1.807) is 0 Å². The molecule has 0 radical (unpaired) electrons. The fraction of sp³-hybridized carbons (Fsp3) is 0.600.